The van der Waals surface area contributed by atoms with Gasteiger partial charge in [-0.2, -0.15) is 0 Å². The van der Waals surface area contributed by atoms with Gasteiger partial charge in [-0.05, 0) is 61.4 Å². The van der Waals surface area contributed by atoms with Crippen LogP contribution in [-0.4, -0.2) is 44.7 Å². The summed E-state index contributed by atoms with van der Waals surface area (Å²) >= 11 is 6.47. The fourth-order valence-corrected chi connectivity index (χ4v) is 5.61. The van der Waals surface area contributed by atoms with Crippen LogP contribution >= 0.6 is 11.6 Å². The molecule has 6 rings (SSSR count). The van der Waals surface area contributed by atoms with E-state index in [0.29, 0.717) is 22.0 Å². The third-order valence-corrected chi connectivity index (χ3v) is 7.99. The predicted molar refractivity (Wildman–Crippen MR) is 184 cm³/mol. The normalized spacial score (nSPS) is 14.4. The quantitative estimate of drug-likeness (QED) is 0.148. The highest BCUT2D eigenvalue weighted by Gasteiger charge is 2.37. The fraction of sp³-hybridized carbons (Fsp3) is 0.132. The molecule has 0 radical (unpaired) electrons. The Hall–Kier alpha value is -5.98. The lowest BCUT2D eigenvalue weighted by Crippen LogP contribution is -2.33. The van der Waals surface area contributed by atoms with Crippen LogP contribution in [-0.2, 0) is 19.1 Å². The largest absolute Gasteiger partial charge is 0.463 e. The highest BCUT2D eigenvalue weighted by molar-refractivity contribution is 6.32. The van der Waals surface area contributed by atoms with Gasteiger partial charge in [-0.25, -0.2) is 14.6 Å². The van der Waals surface area contributed by atoms with Crippen molar-refractivity contribution in [1.82, 2.24) is 24.8 Å². The molecule has 1 aliphatic heterocycles. The summed E-state index contributed by atoms with van der Waals surface area (Å²) in [5.74, 6) is 3.77. The molecular weight excluding hydrogens is 626 g/mol. The molecule has 9 nitrogen and oxygen atoms in total. The molecule has 0 amide bonds. The summed E-state index contributed by atoms with van der Waals surface area (Å²) in [6, 6.07) is 20.5. The number of carbonyl (C=O) groups excluding carboxylic acids is 2. The van der Waals surface area contributed by atoms with Crippen molar-refractivity contribution in [3.05, 3.63) is 142 Å². The molecule has 0 bridgehead atoms. The highest BCUT2D eigenvalue weighted by atomic mass is 35.5. The van der Waals surface area contributed by atoms with Crippen LogP contribution in [0.5, 0.6) is 0 Å². The van der Waals surface area contributed by atoms with Gasteiger partial charge >= 0.3 is 11.9 Å². The van der Waals surface area contributed by atoms with Crippen LogP contribution in [0.2, 0.25) is 5.02 Å². The minimum absolute atomic E-state index is 0.143. The van der Waals surface area contributed by atoms with Gasteiger partial charge in [0.2, 0.25) is 0 Å². The Morgan fingerprint density at radius 1 is 0.958 bits per heavy atom. The van der Waals surface area contributed by atoms with Gasteiger partial charge in [0.25, 0.3) is 0 Å². The maximum Gasteiger partial charge on any atom is 0.337 e. The number of halogens is 1. The summed E-state index contributed by atoms with van der Waals surface area (Å²) < 4.78 is 13.1. The van der Waals surface area contributed by atoms with Crippen LogP contribution in [0.25, 0.3) is 28.5 Å². The van der Waals surface area contributed by atoms with E-state index in [1.807, 2.05) is 59.2 Å². The number of rotatable bonds is 8. The molecule has 0 spiro atoms. The molecule has 3 aromatic heterocycles. The monoisotopic (exact) mass is 655 g/mol. The molecule has 0 aliphatic carbocycles. The van der Waals surface area contributed by atoms with Gasteiger partial charge in [0.1, 0.15) is 11.8 Å². The molecule has 4 heterocycles. The molecule has 10 heteroatoms. The zero-order valence-electron chi connectivity index (χ0n) is 26.2. The van der Waals surface area contributed by atoms with Crippen molar-refractivity contribution >= 4 is 46.3 Å². The molecule has 1 aliphatic rings. The van der Waals surface area contributed by atoms with Crippen LogP contribution in [0, 0.1) is 17.8 Å². The van der Waals surface area contributed by atoms with Gasteiger partial charge in [-0.15, -0.1) is 0 Å². The number of benzene rings is 2. The Balaban J connectivity index is 1.39. The first-order valence-electron chi connectivity index (χ1n) is 15.2. The van der Waals surface area contributed by atoms with E-state index in [2.05, 4.69) is 32.1 Å². The number of imidazole rings is 1. The van der Waals surface area contributed by atoms with E-state index in [0.717, 1.165) is 27.8 Å². The standard InChI is InChI=1S/C38H30ClN5O4/c1-3-47-38(46)35-30(17-14-27-10-4-5-11-31(27)39)34(37(45)48-21-7-9-26-8-6-19-40-22-26)25(2)43-36(35)28-12-15-29(16-13-28)44-24-42-32-23-41-20-18-33(32)44/h4-6,8,10-20,22-24,30,43H,3,21H2,1-2H3/b17-14+. The second-order valence-electron chi connectivity index (χ2n) is 10.7. The van der Waals surface area contributed by atoms with Crippen LogP contribution in [0.4, 0.5) is 0 Å². The number of hydrogen-bond acceptors (Lipinski definition) is 8. The maximum atomic E-state index is 13.8. The van der Waals surface area contributed by atoms with E-state index in [-0.39, 0.29) is 24.4 Å². The van der Waals surface area contributed by atoms with Crippen molar-refractivity contribution in [3.8, 4) is 17.5 Å². The van der Waals surface area contributed by atoms with Crippen molar-refractivity contribution in [2.24, 2.45) is 5.92 Å². The van der Waals surface area contributed by atoms with Crippen molar-refractivity contribution in [2.75, 3.05) is 13.2 Å². The predicted octanol–water partition coefficient (Wildman–Crippen LogP) is 6.54. The van der Waals surface area contributed by atoms with E-state index in [1.54, 1.807) is 69.2 Å². The first kappa shape index (κ1) is 32.0. The molecule has 0 saturated heterocycles. The van der Waals surface area contributed by atoms with Gasteiger partial charge in [-0.1, -0.05) is 65.9 Å². The van der Waals surface area contributed by atoms with Crippen LogP contribution in [0.1, 0.15) is 30.5 Å². The molecule has 1 atom stereocenters. The van der Waals surface area contributed by atoms with Crippen LogP contribution < -0.4 is 5.32 Å². The topological polar surface area (TPSA) is 108 Å². The Labute approximate surface area is 282 Å². The van der Waals surface area contributed by atoms with Crippen LogP contribution in [0.15, 0.2) is 121 Å². The summed E-state index contributed by atoms with van der Waals surface area (Å²) in [6.07, 6.45) is 12.0. The number of pyridine rings is 2. The second-order valence-corrected chi connectivity index (χ2v) is 11.1. The highest BCUT2D eigenvalue weighted by Crippen LogP contribution is 2.37. The Bertz CT molecular complexity index is 2140. The minimum atomic E-state index is -0.833. The van der Waals surface area contributed by atoms with Crippen molar-refractivity contribution in [3.63, 3.8) is 0 Å². The summed E-state index contributed by atoms with van der Waals surface area (Å²) in [5, 5.41) is 3.84. The molecule has 0 saturated carbocycles. The lowest BCUT2D eigenvalue weighted by Gasteiger charge is -2.30. The number of esters is 2. The van der Waals surface area contributed by atoms with Gasteiger partial charge in [0, 0.05) is 46.5 Å². The number of dihydropyridines is 1. The molecule has 1 N–H and O–H groups in total. The van der Waals surface area contributed by atoms with E-state index in [1.165, 1.54) is 0 Å². The first-order chi connectivity index (χ1) is 23.4. The average Bonchev–Trinajstić information content (AvgIpc) is 3.54. The van der Waals surface area contributed by atoms with E-state index in [4.69, 9.17) is 21.1 Å². The zero-order chi connectivity index (χ0) is 33.5. The Morgan fingerprint density at radius 3 is 2.52 bits per heavy atom. The van der Waals surface area contributed by atoms with Crippen LogP contribution in [0.3, 0.4) is 0 Å². The summed E-state index contributed by atoms with van der Waals surface area (Å²) in [5.41, 5.74) is 6.25. The maximum absolute atomic E-state index is 13.8. The van der Waals surface area contributed by atoms with Gasteiger partial charge in [-0.3, -0.25) is 14.5 Å². The number of allylic oxidation sites excluding steroid dienone is 2. The third kappa shape index (κ3) is 6.89. The number of nitrogens with one attached hydrogen (secondary N) is 1. The van der Waals surface area contributed by atoms with E-state index >= 15 is 0 Å². The number of nitrogens with zero attached hydrogens (tertiary/aromatic N) is 4. The zero-order valence-corrected chi connectivity index (χ0v) is 26.9. The Morgan fingerprint density at radius 2 is 1.75 bits per heavy atom. The molecule has 2 aromatic carbocycles. The number of fused-ring (bicyclic) bond motifs is 1. The van der Waals surface area contributed by atoms with Crippen molar-refractivity contribution < 1.29 is 19.1 Å². The molecule has 1 unspecified atom stereocenters. The molecular formula is C38H30ClN5O4. The van der Waals surface area contributed by atoms with E-state index in [9.17, 15) is 9.59 Å². The first-order valence-corrected chi connectivity index (χ1v) is 15.6. The third-order valence-electron chi connectivity index (χ3n) is 7.65. The van der Waals surface area contributed by atoms with Gasteiger partial charge in [0.05, 0.1) is 35.2 Å². The fourth-order valence-electron chi connectivity index (χ4n) is 5.42. The average molecular weight is 656 g/mol. The summed E-state index contributed by atoms with van der Waals surface area (Å²) in [4.78, 5) is 40.1. The molecule has 238 valence electrons. The van der Waals surface area contributed by atoms with Crippen molar-refractivity contribution in [1.29, 1.82) is 0 Å². The molecule has 48 heavy (non-hydrogen) atoms. The summed E-state index contributed by atoms with van der Waals surface area (Å²) in [6.45, 7) is 3.50. The van der Waals surface area contributed by atoms with E-state index < -0.39 is 17.9 Å². The number of hydrogen-bond donors (Lipinski definition) is 1. The van der Waals surface area contributed by atoms with Gasteiger partial charge in [0.15, 0.2) is 6.61 Å². The Kier molecular flexibility index (Phi) is 9.75. The molecule has 5 aromatic rings. The van der Waals surface area contributed by atoms with Crippen molar-refractivity contribution in [2.45, 2.75) is 13.8 Å². The number of aromatic nitrogens is 4. The second kappa shape index (κ2) is 14.6. The number of carbonyl (C=O) groups is 2. The summed E-state index contributed by atoms with van der Waals surface area (Å²) in [7, 11) is 0. The smallest absolute Gasteiger partial charge is 0.337 e. The SMILES string of the molecule is CCOC(=O)C1=C(c2ccc(-n3cnc4cnccc43)cc2)NC(C)=C(C(=O)OCC#Cc2cccnc2)C1/C=C/c1ccccc1Cl. The minimum Gasteiger partial charge on any atom is -0.463 e. The molecule has 0 fully saturated rings. The lowest BCUT2D eigenvalue weighted by atomic mass is 9.83. The number of ether oxygens (including phenoxy) is 2. The lowest BCUT2D eigenvalue weighted by molar-refractivity contribution is -0.139. The van der Waals surface area contributed by atoms with Gasteiger partial charge < -0.3 is 14.8 Å².